The maximum atomic E-state index is 4.72. The molecule has 4 heterocycles. The molecule has 0 saturated heterocycles. The number of hydrogen-bond acceptors (Lipinski definition) is 5. The lowest BCUT2D eigenvalue weighted by molar-refractivity contribution is 0.748. The molecule has 1 aromatic carbocycles. The highest BCUT2D eigenvalue weighted by Crippen LogP contribution is 2.33. The van der Waals surface area contributed by atoms with E-state index in [1.807, 2.05) is 53.6 Å². The number of aromatic amines is 1. The van der Waals surface area contributed by atoms with Crippen molar-refractivity contribution < 1.29 is 0 Å². The number of tetrazole rings is 1. The third-order valence-electron chi connectivity index (χ3n) is 4.73. The fourth-order valence-electron chi connectivity index (χ4n) is 3.41. The molecule has 0 aliphatic rings. The molecule has 0 fully saturated rings. The van der Waals surface area contributed by atoms with Crippen LogP contribution in [0.25, 0.3) is 28.5 Å². The standard InChI is InChI=1S/C21H18N8/c1-15-9-10-22-19(12-15)29-11-5-8-17(29)21-20(16-6-3-2-4-7-16)23-14-28(21)13-18-24-26-27-25-18/h2-12,14H,13H2,1H3,(H,24,25,26,27). The van der Waals surface area contributed by atoms with E-state index in [1.54, 1.807) is 0 Å². The minimum atomic E-state index is 0.456. The number of aromatic nitrogens is 8. The summed E-state index contributed by atoms with van der Waals surface area (Å²) < 4.78 is 4.11. The Labute approximate surface area is 166 Å². The highest BCUT2D eigenvalue weighted by Gasteiger charge is 2.19. The third kappa shape index (κ3) is 3.20. The molecule has 8 nitrogen and oxygen atoms in total. The Bertz CT molecular complexity index is 1230. The summed E-state index contributed by atoms with van der Waals surface area (Å²) >= 11 is 0. The molecule has 0 atom stereocenters. The summed E-state index contributed by atoms with van der Waals surface area (Å²) in [4.78, 5) is 9.27. The molecule has 142 valence electrons. The van der Waals surface area contributed by atoms with E-state index in [4.69, 9.17) is 4.98 Å². The Morgan fingerprint density at radius 1 is 1.00 bits per heavy atom. The van der Waals surface area contributed by atoms with Gasteiger partial charge in [-0.2, -0.15) is 5.21 Å². The molecule has 0 amide bonds. The van der Waals surface area contributed by atoms with Crippen molar-refractivity contribution in [2.45, 2.75) is 13.5 Å². The first-order chi connectivity index (χ1) is 14.3. The van der Waals surface area contributed by atoms with E-state index < -0.39 is 0 Å². The number of pyridine rings is 1. The lowest BCUT2D eigenvalue weighted by atomic mass is 10.1. The SMILES string of the molecule is Cc1ccnc(-n2cccc2-c2c(-c3ccccc3)ncn2Cc2nn[nH]n2)c1. The summed E-state index contributed by atoms with van der Waals surface area (Å²) in [5.74, 6) is 1.45. The molecule has 0 aliphatic heterocycles. The number of aryl methyl sites for hydroxylation is 1. The van der Waals surface area contributed by atoms with Gasteiger partial charge in [0.05, 0.1) is 30.0 Å². The molecular formula is C21H18N8. The van der Waals surface area contributed by atoms with Crippen molar-refractivity contribution in [2.24, 2.45) is 0 Å². The lowest BCUT2D eigenvalue weighted by Crippen LogP contribution is -2.06. The van der Waals surface area contributed by atoms with Crippen molar-refractivity contribution in [1.82, 2.24) is 39.7 Å². The second kappa shape index (κ2) is 7.16. The van der Waals surface area contributed by atoms with Gasteiger partial charge >= 0.3 is 0 Å². The Morgan fingerprint density at radius 2 is 1.90 bits per heavy atom. The number of hydrogen-bond donors (Lipinski definition) is 1. The van der Waals surface area contributed by atoms with Crippen LogP contribution in [-0.2, 0) is 6.54 Å². The molecule has 8 heteroatoms. The van der Waals surface area contributed by atoms with Crippen LogP contribution >= 0.6 is 0 Å². The summed E-state index contributed by atoms with van der Waals surface area (Å²) in [5, 5.41) is 14.4. The Balaban J connectivity index is 1.70. The second-order valence-electron chi connectivity index (χ2n) is 6.72. The third-order valence-corrected chi connectivity index (χ3v) is 4.73. The fraction of sp³-hybridized carbons (Fsp3) is 0.0952. The van der Waals surface area contributed by atoms with Gasteiger partial charge in [0.25, 0.3) is 0 Å². The van der Waals surface area contributed by atoms with Gasteiger partial charge in [0, 0.05) is 18.0 Å². The maximum absolute atomic E-state index is 4.72. The summed E-state index contributed by atoms with van der Waals surface area (Å²) in [7, 11) is 0. The van der Waals surface area contributed by atoms with Gasteiger partial charge in [0.15, 0.2) is 5.82 Å². The van der Waals surface area contributed by atoms with Crippen LogP contribution in [0.1, 0.15) is 11.4 Å². The molecular weight excluding hydrogens is 364 g/mol. The first-order valence-electron chi connectivity index (χ1n) is 9.23. The zero-order valence-electron chi connectivity index (χ0n) is 15.8. The summed E-state index contributed by atoms with van der Waals surface area (Å²) in [6, 6.07) is 18.3. The number of imidazole rings is 1. The average molecular weight is 382 g/mol. The van der Waals surface area contributed by atoms with Gasteiger partial charge in [-0.3, -0.25) is 4.57 Å². The van der Waals surface area contributed by atoms with Gasteiger partial charge in [-0.15, -0.1) is 10.2 Å². The van der Waals surface area contributed by atoms with Crippen LogP contribution in [0.2, 0.25) is 0 Å². The van der Waals surface area contributed by atoms with E-state index in [9.17, 15) is 0 Å². The zero-order valence-corrected chi connectivity index (χ0v) is 15.8. The van der Waals surface area contributed by atoms with Gasteiger partial charge in [-0.1, -0.05) is 35.5 Å². The van der Waals surface area contributed by atoms with E-state index in [2.05, 4.69) is 61.4 Å². The van der Waals surface area contributed by atoms with Crippen LogP contribution in [0.3, 0.4) is 0 Å². The molecule has 1 N–H and O–H groups in total. The van der Waals surface area contributed by atoms with Crippen molar-refractivity contribution in [1.29, 1.82) is 0 Å². The van der Waals surface area contributed by atoms with E-state index in [-0.39, 0.29) is 0 Å². The quantitative estimate of drug-likeness (QED) is 0.504. The number of H-pyrrole nitrogens is 1. The van der Waals surface area contributed by atoms with Crippen LogP contribution in [0, 0.1) is 6.92 Å². The molecule has 0 aliphatic carbocycles. The molecule has 4 aromatic heterocycles. The van der Waals surface area contributed by atoms with Gasteiger partial charge in [-0.25, -0.2) is 9.97 Å². The first-order valence-corrected chi connectivity index (χ1v) is 9.23. The van der Waals surface area contributed by atoms with Gasteiger partial charge in [-0.05, 0) is 36.8 Å². The first kappa shape index (κ1) is 17.1. The zero-order chi connectivity index (χ0) is 19.6. The number of nitrogens with zero attached hydrogens (tertiary/aromatic N) is 7. The highest BCUT2D eigenvalue weighted by molar-refractivity contribution is 5.78. The van der Waals surface area contributed by atoms with Crippen molar-refractivity contribution >= 4 is 0 Å². The summed E-state index contributed by atoms with van der Waals surface area (Å²) in [5.41, 5.74) is 5.04. The van der Waals surface area contributed by atoms with Crippen molar-refractivity contribution in [3.8, 4) is 28.5 Å². The molecule has 29 heavy (non-hydrogen) atoms. The van der Waals surface area contributed by atoms with Crippen molar-refractivity contribution in [3.05, 3.63) is 84.7 Å². The molecule has 5 rings (SSSR count). The maximum Gasteiger partial charge on any atom is 0.194 e. The van der Waals surface area contributed by atoms with E-state index >= 15 is 0 Å². The number of rotatable bonds is 5. The van der Waals surface area contributed by atoms with E-state index in [1.165, 1.54) is 0 Å². The van der Waals surface area contributed by atoms with E-state index in [0.717, 1.165) is 34.0 Å². The van der Waals surface area contributed by atoms with Gasteiger partial charge in [0.2, 0.25) is 0 Å². The Morgan fingerprint density at radius 3 is 2.69 bits per heavy atom. The fourth-order valence-corrected chi connectivity index (χ4v) is 3.41. The van der Waals surface area contributed by atoms with Crippen LogP contribution in [-0.4, -0.2) is 39.7 Å². The topological polar surface area (TPSA) is 90.1 Å². The Hall–Kier alpha value is -4.07. The number of nitrogens with one attached hydrogen (secondary N) is 1. The van der Waals surface area contributed by atoms with Gasteiger partial charge in [0.1, 0.15) is 5.82 Å². The van der Waals surface area contributed by atoms with Crippen molar-refractivity contribution in [2.75, 3.05) is 0 Å². The summed E-state index contributed by atoms with van der Waals surface area (Å²) in [6.45, 7) is 2.52. The van der Waals surface area contributed by atoms with Crippen LogP contribution in [0.5, 0.6) is 0 Å². The largest absolute Gasteiger partial charge is 0.321 e. The minimum absolute atomic E-state index is 0.456. The molecule has 5 aromatic rings. The minimum Gasteiger partial charge on any atom is -0.321 e. The Kier molecular flexibility index (Phi) is 4.21. The lowest BCUT2D eigenvalue weighted by Gasteiger charge is -2.13. The summed E-state index contributed by atoms with van der Waals surface area (Å²) in [6.07, 6.45) is 5.65. The predicted octanol–water partition coefficient (Wildman–Crippen LogP) is 3.27. The molecule has 0 bridgehead atoms. The van der Waals surface area contributed by atoms with Crippen LogP contribution < -0.4 is 0 Å². The molecule has 0 unspecified atom stereocenters. The smallest absolute Gasteiger partial charge is 0.194 e. The molecule has 0 saturated carbocycles. The van der Waals surface area contributed by atoms with E-state index in [0.29, 0.717) is 12.4 Å². The van der Waals surface area contributed by atoms with Gasteiger partial charge < -0.3 is 4.57 Å². The monoisotopic (exact) mass is 382 g/mol. The highest BCUT2D eigenvalue weighted by atomic mass is 15.5. The average Bonchev–Trinajstić information content (AvgIpc) is 3.50. The van der Waals surface area contributed by atoms with Crippen molar-refractivity contribution in [3.63, 3.8) is 0 Å². The van der Waals surface area contributed by atoms with Crippen LogP contribution in [0.15, 0.2) is 73.3 Å². The molecule has 0 radical (unpaired) electrons. The molecule has 0 spiro atoms. The second-order valence-corrected chi connectivity index (χ2v) is 6.72. The normalized spacial score (nSPS) is 11.1. The van der Waals surface area contributed by atoms with Crippen LogP contribution in [0.4, 0.5) is 0 Å². The predicted molar refractivity (Wildman–Crippen MR) is 108 cm³/mol. The number of benzene rings is 1.